The Kier molecular flexibility index (Phi) is 12.1. The van der Waals surface area contributed by atoms with E-state index < -0.39 is 0 Å². The van der Waals surface area contributed by atoms with Crippen molar-refractivity contribution in [3.8, 4) is 0 Å². The van der Waals surface area contributed by atoms with Crippen LogP contribution < -0.4 is 39.8 Å². The molecular formula is C61H54N14O7. The van der Waals surface area contributed by atoms with E-state index in [2.05, 4.69) is 9.97 Å². The van der Waals surface area contributed by atoms with E-state index >= 15 is 0 Å². The van der Waals surface area contributed by atoms with Gasteiger partial charge in [0.15, 0.2) is 0 Å². The molecule has 410 valence electrons. The molecule has 0 unspecified atom stereocenters. The molecule has 0 fully saturated rings. The number of hydrogen-bond donors (Lipinski definition) is 2. The number of aromatic amines is 2. The van der Waals surface area contributed by atoms with Crippen LogP contribution in [0.15, 0.2) is 203 Å². The van der Waals surface area contributed by atoms with Gasteiger partial charge in [-0.25, -0.2) is 33.6 Å². The minimum Gasteiger partial charge on any atom is -0.306 e. The van der Waals surface area contributed by atoms with E-state index in [1.54, 1.807) is 54.8 Å². The summed E-state index contributed by atoms with van der Waals surface area (Å²) in [5.74, 6) is 0. The number of nitrogens with zero attached hydrogens (tertiary/aromatic N) is 12. The molecule has 21 nitrogen and oxygen atoms in total. The Labute approximate surface area is 462 Å². The van der Waals surface area contributed by atoms with Gasteiger partial charge in [-0.3, -0.25) is 54.8 Å². The number of aromatic nitrogens is 14. The normalized spacial score (nSPS) is 12.1. The summed E-state index contributed by atoms with van der Waals surface area (Å²) in [5, 5.41) is 0. The summed E-state index contributed by atoms with van der Waals surface area (Å²) >= 11 is 0. The van der Waals surface area contributed by atoms with Crippen LogP contribution in [0.3, 0.4) is 0 Å². The average molecular weight is 1100 g/mol. The lowest BCUT2D eigenvalue weighted by Gasteiger charge is -2.07. The van der Waals surface area contributed by atoms with E-state index in [1.807, 2.05) is 170 Å². The van der Waals surface area contributed by atoms with Crippen molar-refractivity contribution in [1.29, 1.82) is 0 Å². The summed E-state index contributed by atoms with van der Waals surface area (Å²) in [4.78, 5) is 104. The molecule has 0 saturated carbocycles. The number of nitrogens with one attached hydrogen (secondary N) is 2. The monoisotopic (exact) mass is 1090 g/mol. The highest BCUT2D eigenvalue weighted by Gasteiger charge is 2.22. The fourth-order valence-electron chi connectivity index (χ4n) is 12.4. The fourth-order valence-corrected chi connectivity index (χ4v) is 12.4. The van der Waals surface area contributed by atoms with Crippen LogP contribution in [-0.2, 0) is 78.5 Å². The summed E-state index contributed by atoms with van der Waals surface area (Å²) in [6.07, 6.45) is 0. The molecular weight excluding hydrogens is 1040 g/mol. The maximum atomic E-state index is 14.7. The quantitative estimate of drug-likeness (QED) is 0.109. The molecule has 0 saturated heterocycles. The van der Waals surface area contributed by atoms with Crippen molar-refractivity contribution in [2.75, 3.05) is 0 Å². The summed E-state index contributed by atoms with van der Waals surface area (Å²) < 4.78 is 20.0. The van der Waals surface area contributed by atoms with Crippen molar-refractivity contribution >= 4 is 77.2 Å². The molecule has 82 heavy (non-hydrogen) atoms. The average Bonchev–Trinajstić information content (AvgIpc) is 3.99. The Morgan fingerprint density at radius 1 is 0.195 bits per heavy atom. The van der Waals surface area contributed by atoms with Gasteiger partial charge in [0, 0.05) is 78.5 Å². The number of hydrogen-bond acceptors (Lipinski definition) is 7. The van der Waals surface area contributed by atoms with Crippen LogP contribution in [0.25, 0.3) is 77.2 Å². The van der Waals surface area contributed by atoms with E-state index in [-0.39, 0.29) is 118 Å². The highest BCUT2D eigenvalue weighted by molar-refractivity contribution is 5.80. The lowest BCUT2D eigenvalue weighted by molar-refractivity contribution is 0.504. The van der Waals surface area contributed by atoms with Gasteiger partial charge in [-0.05, 0) is 84.9 Å². The van der Waals surface area contributed by atoms with E-state index in [0.29, 0.717) is 44.1 Å². The largest absolute Gasteiger partial charge is 0.329 e. The first kappa shape index (κ1) is 49.7. The van der Waals surface area contributed by atoms with Crippen LogP contribution in [0, 0.1) is 0 Å². The lowest BCUT2D eigenvalue weighted by Crippen LogP contribution is -2.32. The first-order valence-electron chi connectivity index (χ1n) is 27.4. The summed E-state index contributed by atoms with van der Waals surface area (Å²) in [6.45, 7) is 2.54. The molecule has 0 radical (unpaired) electrons. The standard InChI is InChI=1S/C61H54N14O7/c76-55-62-41-15-1-3-17-43(41)64(55)29-31-66-45-19-5-7-21-47(45)68(57(66)78)33-35-70-49-23-9-11-25-51(49)72(59(70)80)37-39-74-53-27-13-14-28-54(53)75(61(74)82)40-38-73-52-26-12-10-24-50(52)71(60(73)81)36-34-69-48-22-8-6-20-46(48)67(58(69)79)32-30-65-44-18-4-2-16-42(44)63-56(65)77/h1-28H,29-40H2,(H,62,76)(H,63,77). The van der Waals surface area contributed by atoms with Crippen molar-refractivity contribution in [3.63, 3.8) is 0 Å². The second-order valence-electron chi connectivity index (χ2n) is 20.6. The molecule has 7 heterocycles. The van der Waals surface area contributed by atoms with Crippen LogP contribution in [0.2, 0.25) is 0 Å². The minimum absolute atomic E-state index is 0.170. The van der Waals surface area contributed by atoms with Gasteiger partial charge < -0.3 is 9.97 Å². The van der Waals surface area contributed by atoms with Crippen LogP contribution in [0.5, 0.6) is 0 Å². The second-order valence-corrected chi connectivity index (χ2v) is 20.6. The maximum Gasteiger partial charge on any atom is 0.329 e. The van der Waals surface area contributed by atoms with Crippen LogP contribution in [0.4, 0.5) is 0 Å². The van der Waals surface area contributed by atoms with Gasteiger partial charge >= 0.3 is 39.8 Å². The Morgan fingerprint density at radius 3 is 0.524 bits per heavy atom. The van der Waals surface area contributed by atoms with Gasteiger partial charge in [0.1, 0.15) is 0 Å². The summed E-state index contributed by atoms with van der Waals surface area (Å²) in [7, 11) is 0. The van der Waals surface area contributed by atoms with E-state index in [9.17, 15) is 33.6 Å². The first-order valence-corrected chi connectivity index (χ1v) is 27.4. The van der Waals surface area contributed by atoms with Gasteiger partial charge in [-0.15, -0.1) is 0 Å². The third-order valence-corrected chi connectivity index (χ3v) is 16.3. The van der Waals surface area contributed by atoms with Crippen LogP contribution >= 0.6 is 0 Å². The predicted molar refractivity (Wildman–Crippen MR) is 316 cm³/mol. The molecule has 21 heteroatoms. The number of imidazole rings is 7. The topological polar surface area (TPSA) is 210 Å². The first-order chi connectivity index (χ1) is 40.1. The zero-order valence-electron chi connectivity index (χ0n) is 44.4. The smallest absolute Gasteiger partial charge is 0.306 e. The Balaban J connectivity index is 0.709. The summed E-state index contributed by atoms with van der Waals surface area (Å²) in [5.41, 5.74) is 8.13. The summed E-state index contributed by atoms with van der Waals surface area (Å²) in [6, 6.07) is 52.4. The number of aryl methyl sites for hydroxylation is 12. The molecule has 2 N–H and O–H groups in total. The molecule has 7 aromatic carbocycles. The van der Waals surface area contributed by atoms with Crippen LogP contribution in [-0.4, -0.2) is 64.8 Å². The predicted octanol–water partition coefficient (Wildman–Crippen LogP) is 5.76. The Hall–Kier alpha value is -10.6. The molecule has 0 aliphatic carbocycles. The van der Waals surface area contributed by atoms with Crippen LogP contribution in [0.1, 0.15) is 0 Å². The van der Waals surface area contributed by atoms with Crippen molar-refractivity contribution < 1.29 is 0 Å². The molecule has 0 amide bonds. The zero-order chi connectivity index (χ0) is 55.8. The number of H-pyrrole nitrogens is 2. The van der Waals surface area contributed by atoms with Crippen molar-refractivity contribution in [3.05, 3.63) is 243 Å². The third kappa shape index (κ3) is 8.09. The number of fused-ring (bicyclic) bond motifs is 7. The number of rotatable bonds is 18. The van der Waals surface area contributed by atoms with Crippen molar-refractivity contribution in [1.82, 2.24) is 64.8 Å². The van der Waals surface area contributed by atoms with Gasteiger partial charge in [0.2, 0.25) is 0 Å². The highest BCUT2D eigenvalue weighted by atomic mass is 16.2. The van der Waals surface area contributed by atoms with Gasteiger partial charge in [-0.1, -0.05) is 84.9 Å². The number of benzene rings is 7. The zero-order valence-corrected chi connectivity index (χ0v) is 44.4. The SMILES string of the molecule is O=c1[nH]c2ccccc2n1CCn1c(=O)n(CCn2c(=O)n(CCn3c(=O)n(CCn4c(=O)n(CCn5c(=O)n(CCn6c(=O)[nH]c7ccccc76)c6ccccc65)c5ccccc54)c4ccccc43)c3ccccc32)c2ccccc21. The fraction of sp³-hybridized carbons (Fsp3) is 0.197. The van der Waals surface area contributed by atoms with Gasteiger partial charge in [-0.2, -0.15) is 0 Å². The molecule has 14 aromatic rings. The van der Waals surface area contributed by atoms with Crippen molar-refractivity contribution in [2.24, 2.45) is 0 Å². The van der Waals surface area contributed by atoms with E-state index in [1.165, 1.54) is 0 Å². The highest BCUT2D eigenvalue weighted by Crippen LogP contribution is 2.21. The number of para-hydroxylation sites is 14. The Morgan fingerprint density at radius 2 is 0.341 bits per heavy atom. The van der Waals surface area contributed by atoms with E-state index in [4.69, 9.17) is 0 Å². The van der Waals surface area contributed by atoms with E-state index in [0.717, 1.165) is 33.1 Å². The van der Waals surface area contributed by atoms with Crippen molar-refractivity contribution in [2.45, 2.75) is 78.5 Å². The second kappa shape index (κ2) is 20.0. The minimum atomic E-state index is -0.287. The molecule has 7 aromatic heterocycles. The molecule has 0 atom stereocenters. The lowest BCUT2D eigenvalue weighted by atomic mass is 10.3. The van der Waals surface area contributed by atoms with Gasteiger partial charge in [0.05, 0.1) is 77.2 Å². The maximum absolute atomic E-state index is 14.7. The molecule has 14 rings (SSSR count). The van der Waals surface area contributed by atoms with Gasteiger partial charge in [0.25, 0.3) is 0 Å². The molecule has 0 bridgehead atoms. The Bertz CT molecular complexity index is 4960. The molecule has 0 aliphatic heterocycles. The molecule has 0 aliphatic rings. The molecule has 0 spiro atoms. The third-order valence-electron chi connectivity index (χ3n) is 16.3.